The van der Waals surface area contributed by atoms with E-state index in [9.17, 15) is 0 Å². The quantitative estimate of drug-likeness (QED) is 0.620. The van der Waals surface area contributed by atoms with Gasteiger partial charge < -0.3 is 4.57 Å². The average Bonchev–Trinajstić information content (AvgIpc) is 2.79. The Balaban J connectivity index is 2.08. The van der Waals surface area contributed by atoms with Crippen LogP contribution in [-0.2, 0) is 6.54 Å². The van der Waals surface area contributed by atoms with E-state index >= 15 is 0 Å². The van der Waals surface area contributed by atoms with Crippen molar-refractivity contribution in [2.24, 2.45) is 0 Å². The van der Waals surface area contributed by atoms with Crippen LogP contribution in [0.2, 0.25) is 5.02 Å². The van der Waals surface area contributed by atoms with E-state index in [1.165, 1.54) is 22.1 Å². The van der Waals surface area contributed by atoms with E-state index in [0.717, 1.165) is 17.1 Å². The third-order valence-corrected chi connectivity index (χ3v) is 3.89. The van der Waals surface area contributed by atoms with E-state index in [1.807, 2.05) is 12.1 Å². The second-order valence-corrected chi connectivity index (χ2v) is 5.46. The molecule has 0 saturated carbocycles. The summed E-state index contributed by atoms with van der Waals surface area (Å²) in [5.41, 5.74) is 5.07. The fraction of sp³-hybridized carbons (Fsp3) is 0.176. The number of para-hydroxylation sites is 1. The van der Waals surface area contributed by atoms with Gasteiger partial charge in [-0.1, -0.05) is 47.5 Å². The highest BCUT2D eigenvalue weighted by atomic mass is 35.5. The molecule has 96 valence electrons. The Morgan fingerprint density at radius 1 is 1.05 bits per heavy atom. The van der Waals surface area contributed by atoms with Crippen LogP contribution >= 0.6 is 11.6 Å². The lowest BCUT2D eigenvalue weighted by atomic mass is 10.1. The lowest BCUT2D eigenvalue weighted by molar-refractivity contribution is 0.829. The molecule has 0 fully saturated rings. The lowest BCUT2D eigenvalue weighted by Gasteiger charge is -2.10. The SMILES string of the molecule is Cc1ccc(C)c(Cn2ccc3cccc(Cl)c32)c1. The van der Waals surface area contributed by atoms with E-state index in [-0.39, 0.29) is 0 Å². The molecule has 19 heavy (non-hydrogen) atoms. The maximum absolute atomic E-state index is 6.32. The summed E-state index contributed by atoms with van der Waals surface area (Å²) < 4.78 is 2.22. The maximum atomic E-state index is 6.32. The van der Waals surface area contributed by atoms with E-state index in [1.54, 1.807) is 0 Å². The second kappa shape index (κ2) is 4.75. The maximum Gasteiger partial charge on any atom is 0.0672 e. The first-order chi connectivity index (χ1) is 9.15. The van der Waals surface area contributed by atoms with Crippen molar-refractivity contribution in [3.05, 3.63) is 70.4 Å². The zero-order chi connectivity index (χ0) is 13.4. The lowest BCUT2D eigenvalue weighted by Crippen LogP contribution is -2.00. The fourth-order valence-corrected chi connectivity index (χ4v) is 2.79. The molecular formula is C17H16ClN. The summed E-state index contributed by atoms with van der Waals surface area (Å²) in [5.74, 6) is 0. The molecule has 0 N–H and O–H groups in total. The molecule has 0 saturated heterocycles. The number of benzene rings is 2. The molecule has 0 aliphatic rings. The Bertz CT molecular complexity index is 740. The zero-order valence-corrected chi connectivity index (χ0v) is 11.9. The number of aryl methyl sites for hydroxylation is 2. The largest absolute Gasteiger partial charge is 0.342 e. The van der Waals surface area contributed by atoms with Crippen LogP contribution in [0.25, 0.3) is 10.9 Å². The monoisotopic (exact) mass is 269 g/mol. The van der Waals surface area contributed by atoms with E-state index < -0.39 is 0 Å². The molecule has 0 amide bonds. The molecule has 0 aliphatic carbocycles. The molecule has 0 spiro atoms. The van der Waals surface area contributed by atoms with Crippen molar-refractivity contribution < 1.29 is 0 Å². The van der Waals surface area contributed by atoms with Gasteiger partial charge in [0, 0.05) is 18.1 Å². The highest BCUT2D eigenvalue weighted by Gasteiger charge is 2.07. The first kappa shape index (κ1) is 12.3. The number of rotatable bonds is 2. The predicted molar refractivity (Wildman–Crippen MR) is 82.0 cm³/mol. The van der Waals surface area contributed by atoms with Gasteiger partial charge >= 0.3 is 0 Å². The van der Waals surface area contributed by atoms with Gasteiger partial charge in [0.05, 0.1) is 10.5 Å². The molecule has 3 aromatic rings. The molecule has 0 unspecified atom stereocenters. The summed E-state index contributed by atoms with van der Waals surface area (Å²) in [6, 6.07) is 14.7. The molecule has 1 nitrogen and oxygen atoms in total. The normalized spacial score (nSPS) is 11.1. The van der Waals surface area contributed by atoms with Gasteiger partial charge in [-0.3, -0.25) is 0 Å². The van der Waals surface area contributed by atoms with Crippen molar-refractivity contribution in [1.29, 1.82) is 0 Å². The van der Waals surface area contributed by atoms with Crippen molar-refractivity contribution in [1.82, 2.24) is 4.57 Å². The van der Waals surface area contributed by atoms with Crippen LogP contribution < -0.4 is 0 Å². The minimum Gasteiger partial charge on any atom is -0.342 e. The molecular weight excluding hydrogens is 254 g/mol. The van der Waals surface area contributed by atoms with E-state index in [4.69, 9.17) is 11.6 Å². The number of aromatic nitrogens is 1. The Labute approximate surface area is 118 Å². The number of nitrogens with zero attached hydrogens (tertiary/aromatic N) is 1. The van der Waals surface area contributed by atoms with Crippen molar-refractivity contribution in [2.45, 2.75) is 20.4 Å². The van der Waals surface area contributed by atoms with Gasteiger partial charge in [0.25, 0.3) is 0 Å². The third-order valence-electron chi connectivity index (χ3n) is 3.58. The topological polar surface area (TPSA) is 4.93 Å². The van der Waals surface area contributed by atoms with Gasteiger partial charge in [0.2, 0.25) is 0 Å². The molecule has 0 aliphatic heterocycles. The molecule has 0 atom stereocenters. The molecule has 3 rings (SSSR count). The summed E-state index contributed by atoms with van der Waals surface area (Å²) >= 11 is 6.32. The number of halogens is 1. The zero-order valence-electron chi connectivity index (χ0n) is 11.2. The molecule has 0 radical (unpaired) electrons. The Morgan fingerprint density at radius 3 is 2.74 bits per heavy atom. The van der Waals surface area contributed by atoms with Crippen LogP contribution in [0.5, 0.6) is 0 Å². The number of fused-ring (bicyclic) bond motifs is 1. The van der Waals surface area contributed by atoms with Gasteiger partial charge in [-0.15, -0.1) is 0 Å². The minimum atomic E-state index is 0.813. The highest BCUT2D eigenvalue weighted by Crippen LogP contribution is 2.25. The second-order valence-electron chi connectivity index (χ2n) is 5.05. The summed E-state index contributed by atoms with van der Waals surface area (Å²) in [6.07, 6.45) is 2.11. The summed E-state index contributed by atoms with van der Waals surface area (Å²) in [5, 5.41) is 2.01. The molecule has 2 heteroatoms. The van der Waals surface area contributed by atoms with Crippen molar-refractivity contribution in [3.63, 3.8) is 0 Å². The average molecular weight is 270 g/mol. The number of hydrogen-bond donors (Lipinski definition) is 0. The predicted octanol–water partition coefficient (Wildman–Crippen LogP) is 4.96. The Kier molecular flexibility index (Phi) is 3.08. The Hall–Kier alpha value is -1.73. The summed E-state index contributed by atoms with van der Waals surface area (Å²) in [7, 11) is 0. The van der Waals surface area contributed by atoms with Gasteiger partial charge in [-0.25, -0.2) is 0 Å². The number of hydrogen-bond acceptors (Lipinski definition) is 0. The highest BCUT2D eigenvalue weighted by molar-refractivity contribution is 6.35. The fourth-order valence-electron chi connectivity index (χ4n) is 2.50. The van der Waals surface area contributed by atoms with Gasteiger partial charge in [0.1, 0.15) is 0 Å². The van der Waals surface area contributed by atoms with Crippen LogP contribution in [0.4, 0.5) is 0 Å². The smallest absolute Gasteiger partial charge is 0.0672 e. The van der Waals surface area contributed by atoms with Crippen LogP contribution in [0, 0.1) is 13.8 Å². The molecule has 1 aromatic heterocycles. The van der Waals surface area contributed by atoms with Crippen molar-refractivity contribution in [2.75, 3.05) is 0 Å². The van der Waals surface area contributed by atoms with E-state index in [0.29, 0.717) is 0 Å². The molecule has 0 bridgehead atoms. The Morgan fingerprint density at radius 2 is 1.89 bits per heavy atom. The first-order valence-corrected chi connectivity index (χ1v) is 6.82. The van der Waals surface area contributed by atoms with Crippen LogP contribution in [-0.4, -0.2) is 4.57 Å². The van der Waals surface area contributed by atoms with Crippen LogP contribution in [0.15, 0.2) is 48.7 Å². The summed E-state index contributed by atoms with van der Waals surface area (Å²) in [4.78, 5) is 0. The van der Waals surface area contributed by atoms with Crippen molar-refractivity contribution in [3.8, 4) is 0 Å². The first-order valence-electron chi connectivity index (χ1n) is 6.44. The third kappa shape index (κ3) is 2.26. The minimum absolute atomic E-state index is 0.813. The molecule has 1 heterocycles. The summed E-state index contributed by atoms with van der Waals surface area (Å²) in [6.45, 7) is 5.15. The van der Waals surface area contributed by atoms with Crippen LogP contribution in [0.1, 0.15) is 16.7 Å². The van der Waals surface area contributed by atoms with E-state index in [2.05, 4.69) is 54.9 Å². The van der Waals surface area contributed by atoms with Gasteiger partial charge in [-0.2, -0.15) is 0 Å². The van der Waals surface area contributed by atoms with Crippen LogP contribution in [0.3, 0.4) is 0 Å². The van der Waals surface area contributed by atoms with Crippen molar-refractivity contribution >= 4 is 22.5 Å². The van der Waals surface area contributed by atoms with Gasteiger partial charge in [-0.05, 0) is 37.1 Å². The molecule has 2 aromatic carbocycles. The standard InChI is InChI=1S/C17H16ClN/c1-12-6-7-13(2)15(10-12)11-19-9-8-14-4-3-5-16(18)17(14)19/h3-10H,11H2,1-2H3. The van der Waals surface area contributed by atoms with Gasteiger partial charge in [0.15, 0.2) is 0 Å².